The first-order valence-corrected chi connectivity index (χ1v) is 11.9. The molecule has 182 valence electrons. The average Bonchev–Trinajstić information content (AvgIpc) is 3.56. The molecule has 0 atom stereocenters. The molecule has 11 heteroatoms. The lowest BCUT2D eigenvalue weighted by Gasteiger charge is -2.52. The van der Waals surface area contributed by atoms with Crippen LogP contribution >= 0.6 is 0 Å². The van der Waals surface area contributed by atoms with Crippen molar-refractivity contribution in [3.05, 3.63) is 60.8 Å². The van der Waals surface area contributed by atoms with Gasteiger partial charge in [0.2, 0.25) is 0 Å². The second-order valence-electron chi connectivity index (χ2n) is 9.48. The molecule has 1 saturated heterocycles. The van der Waals surface area contributed by atoms with E-state index in [1.165, 1.54) is 18.6 Å². The van der Waals surface area contributed by atoms with Crippen LogP contribution in [0.25, 0.3) is 22.3 Å². The fraction of sp³-hybridized carbons (Fsp3) is 0.360. The molecule has 6 rings (SSSR count). The number of fused-ring (bicyclic) bond motifs is 1. The third kappa shape index (κ3) is 3.79. The van der Waals surface area contributed by atoms with Crippen LogP contribution in [-0.2, 0) is 5.54 Å². The van der Waals surface area contributed by atoms with Crippen molar-refractivity contribution in [3.8, 4) is 17.3 Å². The van der Waals surface area contributed by atoms with E-state index in [0.29, 0.717) is 25.6 Å². The van der Waals surface area contributed by atoms with Crippen LogP contribution in [0.2, 0.25) is 0 Å². The number of carbonyl (C=O) groups excluding carboxylic acids is 1. The summed E-state index contributed by atoms with van der Waals surface area (Å²) in [5.74, 6) is -0.707. The van der Waals surface area contributed by atoms with Gasteiger partial charge in [-0.3, -0.25) is 19.4 Å². The number of rotatable bonds is 5. The lowest BCUT2D eigenvalue weighted by molar-refractivity contribution is -0.0158. The molecule has 1 aliphatic heterocycles. The lowest BCUT2D eigenvalue weighted by Crippen LogP contribution is -2.60. The number of aromatic amines is 1. The van der Waals surface area contributed by atoms with Gasteiger partial charge in [-0.05, 0) is 25.0 Å². The van der Waals surface area contributed by atoms with E-state index < -0.39 is 5.82 Å². The fourth-order valence-corrected chi connectivity index (χ4v) is 5.44. The largest absolute Gasteiger partial charge is 0.346 e. The Balaban J connectivity index is 1.13. The van der Waals surface area contributed by atoms with Crippen molar-refractivity contribution in [2.75, 3.05) is 26.2 Å². The van der Waals surface area contributed by atoms with Gasteiger partial charge in [-0.25, -0.2) is 14.4 Å². The summed E-state index contributed by atoms with van der Waals surface area (Å²) in [5.41, 5.74) is 2.39. The molecule has 1 aliphatic carbocycles. The van der Waals surface area contributed by atoms with Gasteiger partial charge in [0.25, 0.3) is 5.91 Å². The molecule has 2 aliphatic rings. The molecule has 1 amide bonds. The molecule has 36 heavy (non-hydrogen) atoms. The number of hydrogen-bond acceptors (Lipinski definition) is 7. The van der Waals surface area contributed by atoms with Gasteiger partial charge in [-0.15, -0.1) is 0 Å². The van der Waals surface area contributed by atoms with E-state index in [-0.39, 0.29) is 17.0 Å². The Kier molecular flexibility index (Phi) is 5.45. The molecule has 1 N–H and O–H groups in total. The fourth-order valence-electron chi connectivity index (χ4n) is 5.44. The van der Waals surface area contributed by atoms with E-state index in [2.05, 4.69) is 36.0 Å². The molecule has 1 saturated carbocycles. The maximum atomic E-state index is 13.5. The van der Waals surface area contributed by atoms with Crippen LogP contribution in [0.3, 0.4) is 0 Å². The molecule has 2 fully saturated rings. The Bertz CT molecular complexity index is 1460. The molecule has 0 aromatic carbocycles. The van der Waals surface area contributed by atoms with E-state index in [0.717, 1.165) is 54.4 Å². The van der Waals surface area contributed by atoms with Crippen LogP contribution in [-0.4, -0.2) is 77.6 Å². The second kappa shape index (κ2) is 8.80. The number of pyridine rings is 1. The first-order chi connectivity index (χ1) is 17.6. The Morgan fingerprint density at radius 2 is 2.03 bits per heavy atom. The summed E-state index contributed by atoms with van der Waals surface area (Å²) in [6.45, 7) is 2.61. The van der Waals surface area contributed by atoms with E-state index in [1.54, 1.807) is 11.1 Å². The van der Waals surface area contributed by atoms with E-state index in [9.17, 15) is 14.4 Å². The molecular formula is C25H24FN9O. The van der Waals surface area contributed by atoms with Crippen LogP contribution < -0.4 is 0 Å². The number of nitrogens with zero attached hydrogens (tertiary/aromatic N) is 8. The summed E-state index contributed by atoms with van der Waals surface area (Å²) in [7, 11) is 0. The van der Waals surface area contributed by atoms with Gasteiger partial charge < -0.3 is 9.88 Å². The third-order valence-corrected chi connectivity index (χ3v) is 7.40. The smallest absolute Gasteiger partial charge is 0.255 e. The minimum Gasteiger partial charge on any atom is -0.346 e. The SMILES string of the molecule is N#CC[C@]1(n2cc(-c3ncnc4[nH]ccc34)cn2)C[C@H](N2CCN(C(=O)c3cncc(F)c3)CC2)C1. The predicted octanol–water partition coefficient (Wildman–Crippen LogP) is 2.58. The van der Waals surface area contributed by atoms with Gasteiger partial charge in [0.1, 0.15) is 17.8 Å². The van der Waals surface area contributed by atoms with Crippen molar-refractivity contribution in [2.24, 2.45) is 0 Å². The number of halogens is 1. The normalized spacial score (nSPS) is 22.3. The standard InChI is InChI=1S/C25H24FN9O/c26-19-9-17(12-28-14-19)24(36)34-7-5-33(6-8-34)20-10-25(11-20,2-3-27)35-15-18(13-32-35)22-21-1-4-29-23(21)31-16-30-22/h1,4,9,12-16,20H,2,5-8,10-11H2,(H,29,30,31)/t20-,25-. The van der Waals surface area contributed by atoms with Crippen LogP contribution in [0.5, 0.6) is 0 Å². The topological polar surface area (TPSA) is 120 Å². The first-order valence-electron chi connectivity index (χ1n) is 11.9. The van der Waals surface area contributed by atoms with E-state index in [1.807, 2.05) is 23.1 Å². The molecule has 4 aromatic heterocycles. The van der Waals surface area contributed by atoms with Crippen molar-refractivity contribution in [2.45, 2.75) is 30.8 Å². The summed E-state index contributed by atoms with van der Waals surface area (Å²) < 4.78 is 15.4. The minimum atomic E-state index is -0.512. The minimum absolute atomic E-state index is 0.195. The highest BCUT2D eigenvalue weighted by molar-refractivity contribution is 5.94. The third-order valence-electron chi connectivity index (χ3n) is 7.40. The van der Waals surface area contributed by atoms with Gasteiger partial charge >= 0.3 is 0 Å². The summed E-state index contributed by atoms with van der Waals surface area (Å²) in [4.78, 5) is 32.4. The summed E-state index contributed by atoms with van der Waals surface area (Å²) in [6, 6.07) is 5.84. The predicted molar refractivity (Wildman–Crippen MR) is 128 cm³/mol. The van der Waals surface area contributed by atoms with Gasteiger partial charge in [-0.1, -0.05) is 0 Å². The van der Waals surface area contributed by atoms with Crippen LogP contribution in [0.15, 0.2) is 49.4 Å². The Morgan fingerprint density at radius 1 is 1.19 bits per heavy atom. The number of piperazine rings is 1. The second-order valence-corrected chi connectivity index (χ2v) is 9.48. The molecule has 0 unspecified atom stereocenters. The van der Waals surface area contributed by atoms with Gasteiger partial charge in [0.15, 0.2) is 0 Å². The Morgan fingerprint density at radius 3 is 2.81 bits per heavy atom. The van der Waals surface area contributed by atoms with Crippen molar-refractivity contribution >= 4 is 16.9 Å². The highest BCUT2D eigenvalue weighted by atomic mass is 19.1. The molecule has 4 aromatic rings. The first kappa shape index (κ1) is 22.3. The number of H-pyrrole nitrogens is 1. The average molecular weight is 486 g/mol. The monoisotopic (exact) mass is 485 g/mol. The lowest BCUT2D eigenvalue weighted by atomic mass is 9.70. The zero-order valence-electron chi connectivity index (χ0n) is 19.5. The Labute approximate surface area is 206 Å². The summed E-state index contributed by atoms with van der Waals surface area (Å²) in [5, 5.41) is 15.1. The van der Waals surface area contributed by atoms with Crippen LogP contribution in [0, 0.1) is 17.1 Å². The van der Waals surface area contributed by atoms with E-state index >= 15 is 0 Å². The molecule has 10 nitrogen and oxygen atoms in total. The number of amides is 1. The van der Waals surface area contributed by atoms with Gasteiger partial charge in [0.05, 0.1) is 41.7 Å². The number of nitrogens with one attached hydrogen (secondary N) is 1. The summed E-state index contributed by atoms with van der Waals surface area (Å²) in [6.07, 6.45) is 11.6. The van der Waals surface area contributed by atoms with Gasteiger partial charge in [0, 0.05) is 61.8 Å². The highest BCUT2D eigenvalue weighted by Crippen LogP contribution is 2.45. The van der Waals surface area contributed by atoms with Crippen molar-refractivity contribution < 1.29 is 9.18 Å². The number of aromatic nitrogens is 6. The van der Waals surface area contributed by atoms with Crippen molar-refractivity contribution in [1.29, 1.82) is 5.26 Å². The zero-order valence-corrected chi connectivity index (χ0v) is 19.5. The molecule has 5 heterocycles. The van der Waals surface area contributed by atoms with Crippen molar-refractivity contribution in [1.82, 2.24) is 39.5 Å². The highest BCUT2D eigenvalue weighted by Gasteiger charge is 2.49. The van der Waals surface area contributed by atoms with Crippen molar-refractivity contribution in [3.63, 3.8) is 0 Å². The molecule has 0 radical (unpaired) electrons. The van der Waals surface area contributed by atoms with Gasteiger partial charge in [-0.2, -0.15) is 10.4 Å². The van der Waals surface area contributed by atoms with Crippen LogP contribution in [0.1, 0.15) is 29.6 Å². The number of carbonyl (C=O) groups is 1. The zero-order chi connectivity index (χ0) is 24.7. The molecular weight excluding hydrogens is 461 g/mol. The number of nitriles is 1. The Hall–Kier alpha value is -4.17. The molecule has 0 spiro atoms. The van der Waals surface area contributed by atoms with E-state index in [4.69, 9.17) is 0 Å². The maximum absolute atomic E-state index is 13.5. The van der Waals surface area contributed by atoms with Crippen LogP contribution in [0.4, 0.5) is 4.39 Å². The number of hydrogen-bond donors (Lipinski definition) is 1. The molecule has 0 bridgehead atoms. The quantitative estimate of drug-likeness (QED) is 0.461. The maximum Gasteiger partial charge on any atom is 0.255 e. The summed E-state index contributed by atoms with van der Waals surface area (Å²) >= 11 is 0.